The molecule has 1 heteroatoms. The van der Waals surface area contributed by atoms with Crippen molar-refractivity contribution in [1.82, 2.24) is 0 Å². The summed E-state index contributed by atoms with van der Waals surface area (Å²) in [4.78, 5) is 12.1. The van der Waals surface area contributed by atoms with Gasteiger partial charge in [0.1, 0.15) is 5.78 Å². The van der Waals surface area contributed by atoms with E-state index in [1.54, 1.807) is 0 Å². The van der Waals surface area contributed by atoms with Crippen LogP contribution in [-0.4, -0.2) is 5.78 Å². The molecule has 1 nitrogen and oxygen atoms in total. The minimum Gasteiger partial charge on any atom is -0.299 e. The van der Waals surface area contributed by atoms with E-state index in [4.69, 9.17) is 0 Å². The van der Waals surface area contributed by atoms with Crippen LogP contribution < -0.4 is 0 Å². The third kappa shape index (κ3) is 2.37. The second kappa shape index (κ2) is 4.46. The van der Waals surface area contributed by atoms with Crippen molar-refractivity contribution in [2.75, 3.05) is 0 Å². The Labute approximate surface area is 88.3 Å². The lowest BCUT2D eigenvalue weighted by Crippen LogP contribution is -2.36. The predicted octanol–water partition coefficient (Wildman–Crippen LogP) is 3.82. The third-order valence-electron chi connectivity index (χ3n) is 3.95. The predicted molar refractivity (Wildman–Crippen MR) is 60.2 cm³/mol. The summed E-state index contributed by atoms with van der Waals surface area (Å²) >= 11 is 0. The van der Waals surface area contributed by atoms with Crippen molar-refractivity contribution >= 4 is 5.78 Å². The fourth-order valence-corrected chi connectivity index (χ4v) is 2.57. The first-order chi connectivity index (χ1) is 6.49. The van der Waals surface area contributed by atoms with Crippen LogP contribution >= 0.6 is 0 Å². The van der Waals surface area contributed by atoms with Crippen LogP contribution in [0.1, 0.15) is 59.8 Å². The second-order valence-electron chi connectivity index (χ2n) is 5.50. The molecular formula is C13H24O. The van der Waals surface area contributed by atoms with Gasteiger partial charge in [-0.3, -0.25) is 4.79 Å². The van der Waals surface area contributed by atoms with Crippen LogP contribution in [-0.2, 0) is 4.79 Å². The van der Waals surface area contributed by atoms with E-state index in [2.05, 4.69) is 27.7 Å². The minimum atomic E-state index is 0.249. The quantitative estimate of drug-likeness (QED) is 0.670. The molecule has 1 saturated carbocycles. The molecule has 1 aliphatic carbocycles. The zero-order chi connectivity index (χ0) is 10.8. The van der Waals surface area contributed by atoms with Crippen LogP contribution in [0.2, 0.25) is 0 Å². The molecule has 2 atom stereocenters. The number of carbonyl (C=O) groups is 1. The van der Waals surface area contributed by atoms with Gasteiger partial charge in [-0.15, -0.1) is 0 Å². The number of hydrogen-bond acceptors (Lipinski definition) is 1. The Balaban J connectivity index is 2.69. The Hall–Kier alpha value is -0.330. The van der Waals surface area contributed by atoms with Crippen LogP contribution in [0.25, 0.3) is 0 Å². The van der Waals surface area contributed by atoms with Gasteiger partial charge in [-0.25, -0.2) is 0 Å². The zero-order valence-electron chi connectivity index (χ0n) is 10.1. The lowest BCUT2D eigenvalue weighted by molar-refractivity contribution is -0.131. The normalized spacial score (nSPS) is 28.4. The number of hydrogen-bond donors (Lipinski definition) is 0. The average molecular weight is 196 g/mol. The first-order valence-corrected chi connectivity index (χ1v) is 6.02. The summed E-state index contributed by atoms with van der Waals surface area (Å²) < 4.78 is 0. The summed E-state index contributed by atoms with van der Waals surface area (Å²) in [5.41, 5.74) is 0.249. The largest absolute Gasteiger partial charge is 0.299 e. The maximum absolute atomic E-state index is 12.1. The smallest absolute Gasteiger partial charge is 0.139 e. The van der Waals surface area contributed by atoms with Crippen molar-refractivity contribution in [3.8, 4) is 0 Å². The van der Waals surface area contributed by atoms with E-state index in [9.17, 15) is 4.79 Å². The average Bonchev–Trinajstić information content (AvgIpc) is 2.15. The summed E-state index contributed by atoms with van der Waals surface area (Å²) in [6, 6.07) is 0. The number of carbonyl (C=O) groups excluding carboxylic acids is 1. The Bertz CT molecular complexity index is 205. The third-order valence-corrected chi connectivity index (χ3v) is 3.95. The van der Waals surface area contributed by atoms with E-state index < -0.39 is 0 Å². The Morgan fingerprint density at radius 2 is 2.07 bits per heavy atom. The van der Waals surface area contributed by atoms with Crippen LogP contribution in [0.5, 0.6) is 0 Å². The maximum Gasteiger partial charge on any atom is 0.139 e. The first kappa shape index (κ1) is 11.7. The van der Waals surface area contributed by atoms with Gasteiger partial charge in [0, 0.05) is 11.8 Å². The Morgan fingerprint density at radius 1 is 1.43 bits per heavy atom. The van der Waals surface area contributed by atoms with Gasteiger partial charge >= 0.3 is 0 Å². The minimum absolute atomic E-state index is 0.249. The molecule has 82 valence electrons. The number of rotatable bonds is 3. The fourth-order valence-electron chi connectivity index (χ4n) is 2.57. The van der Waals surface area contributed by atoms with Gasteiger partial charge in [0.05, 0.1) is 0 Å². The first-order valence-electron chi connectivity index (χ1n) is 6.02. The van der Waals surface area contributed by atoms with Crippen LogP contribution in [0, 0.1) is 17.3 Å². The maximum atomic E-state index is 12.1. The van der Waals surface area contributed by atoms with Gasteiger partial charge in [0.25, 0.3) is 0 Å². The highest BCUT2D eigenvalue weighted by molar-refractivity contribution is 5.83. The molecule has 0 bridgehead atoms. The highest BCUT2D eigenvalue weighted by Gasteiger charge is 2.37. The molecule has 1 rings (SSSR count). The molecule has 0 N–H and O–H groups in total. The molecule has 0 heterocycles. The molecule has 0 aromatic rings. The van der Waals surface area contributed by atoms with Crippen molar-refractivity contribution in [3.05, 3.63) is 0 Å². The summed E-state index contributed by atoms with van der Waals surface area (Å²) in [7, 11) is 0. The molecule has 0 aromatic carbocycles. The monoisotopic (exact) mass is 196 g/mol. The molecule has 0 aliphatic heterocycles. The van der Waals surface area contributed by atoms with Crippen molar-refractivity contribution in [1.29, 1.82) is 0 Å². The Morgan fingerprint density at radius 3 is 2.57 bits per heavy atom. The summed E-state index contributed by atoms with van der Waals surface area (Å²) in [6.45, 7) is 8.71. The van der Waals surface area contributed by atoms with E-state index in [1.807, 2.05) is 0 Å². The molecule has 0 spiro atoms. The molecule has 2 unspecified atom stereocenters. The van der Waals surface area contributed by atoms with E-state index in [1.165, 1.54) is 19.3 Å². The van der Waals surface area contributed by atoms with Crippen molar-refractivity contribution in [2.24, 2.45) is 17.3 Å². The Kier molecular flexibility index (Phi) is 3.74. The van der Waals surface area contributed by atoms with Gasteiger partial charge in [-0.05, 0) is 24.7 Å². The molecule has 0 saturated heterocycles. The molecular weight excluding hydrogens is 172 g/mol. The summed E-state index contributed by atoms with van der Waals surface area (Å²) in [5.74, 6) is 1.10. The number of Topliss-reactive ketones (excluding diaryl/α,β-unsaturated/α-hetero) is 1. The van der Waals surface area contributed by atoms with Gasteiger partial charge < -0.3 is 0 Å². The van der Waals surface area contributed by atoms with Gasteiger partial charge in [0.2, 0.25) is 0 Å². The standard InChI is InChI=1S/C13H24O/c1-5-10(2)12(14)11-8-6-7-9-13(11,3)4/h10-11H,5-9H2,1-4H3. The molecule has 0 radical (unpaired) electrons. The summed E-state index contributed by atoms with van der Waals surface area (Å²) in [5, 5.41) is 0. The molecule has 1 fully saturated rings. The SMILES string of the molecule is CCC(C)C(=O)C1CCCCC1(C)C. The molecule has 14 heavy (non-hydrogen) atoms. The lowest BCUT2D eigenvalue weighted by atomic mass is 9.65. The van der Waals surface area contributed by atoms with Gasteiger partial charge in [-0.1, -0.05) is 40.5 Å². The van der Waals surface area contributed by atoms with E-state index in [0.29, 0.717) is 11.7 Å². The topological polar surface area (TPSA) is 17.1 Å². The van der Waals surface area contributed by atoms with Crippen molar-refractivity contribution in [3.63, 3.8) is 0 Å². The van der Waals surface area contributed by atoms with E-state index in [-0.39, 0.29) is 11.3 Å². The van der Waals surface area contributed by atoms with Gasteiger partial charge in [-0.2, -0.15) is 0 Å². The van der Waals surface area contributed by atoms with Crippen molar-refractivity contribution < 1.29 is 4.79 Å². The van der Waals surface area contributed by atoms with Gasteiger partial charge in [0.15, 0.2) is 0 Å². The highest BCUT2D eigenvalue weighted by atomic mass is 16.1. The van der Waals surface area contributed by atoms with E-state index >= 15 is 0 Å². The lowest BCUT2D eigenvalue weighted by Gasteiger charge is -2.38. The highest BCUT2D eigenvalue weighted by Crippen LogP contribution is 2.42. The molecule has 0 aromatic heterocycles. The van der Waals surface area contributed by atoms with E-state index in [0.717, 1.165) is 12.8 Å². The van der Waals surface area contributed by atoms with Crippen LogP contribution in [0.15, 0.2) is 0 Å². The number of ketones is 1. The second-order valence-corrected chi connectivity index (χ2v) is 5.50. The van der Waals surface area contributed by atoms with Crippen LogP contribution in [0.4, 0.5) is 0 Å². The van der Waals surface area contributed by atoms with Crippen molar-refractivity contribution in [2.45, 2.75) is 59.8 Å². The zero-order valence-corrected chi connectivity index (χ0v) is 10.1. The molecule has 1 aliphatic rings. The summed E-state index contributed by atoms with van der Waals surface area (Å²) in [6.07, 6.45) is 5.88. The van der Waals surface area contributed by atoms with Crippen LogP contribution in [0.3, 0.4) is 0 Å². The fraction of sp³-hybridized carbons (Fsp3) is 0.923. The molecule has 0 amide bonds.